The molecule has 3 aromatic heterocycles. The zero-order valence-electron chi connectivity index (χ0n) is 23.5. The third-order valence-electron chi connectivity index (χ3n) is 8.85. The largest absolute Gasteiger partial charge is 0.418 e. The van der Waals surface area contributed by atoms with Gasteiger partial charge in [-0.3, -0.25) is 24.2 Å². The Labute approximate surface area is 248 Å². The summed E-state index contributed by atoms with van der Waals surface area (Å²) in [5.74, 6) is -0.0867. The van der Waals surface area contributed by atoms with Gasteiger partial charge in [-0.05, 0) is 59.7 Å². The molecule has 9 rings (SSSR count). The van der Waals surface area contributed by atoms with Gasteiger partial charge in [-0.25, -0.2) is 0 Å². The summed E-state index contributed by atoms with van der Waals surface area (Å²) in [6.45, 7) is 2.37. The number of aromatic nitrogens is 4. The number of carbonyl (C=O) groups excluding carboxylic acids is 1. The van der Waals surface area contributed by atoms with E-state index < -0.39 is 23.3 Å². The summed E-state index contributed by atoms with van der Waals surface area (Å²) in [5.41, 5.74) is 2.98. The summed E-state index contributed by atoms with van der Waals surface area (Å²) in [7, 11) is 0. The number of rotatable bonds is 1. The highest BCUT2D eigenvalue weighted by atomic mass is 19.4. The first kappa shape index (κ1) is 26.4. The summed E-state index contributed by atoms with van der Waals surface area (Å²) in [6.07, 6.45) is -2.81. The number of carbonyl (C=O) groups is 1. The number of amides is 1. The average Bonchev–Trinajstić information content (AvgIpc) is 3.46. The highest BCUT2D eigenvalue weighted by Gasteiger charge is 2.39. The van der Waals surface area contributed by atoms with Crippen LogP contribution >= 0.6 is 0 Å². The van der Waals surface area contributed by atoms with Crippen molar-refractivity contribution in [3.63, 3.8) is 0 Å². The van der Waals surface area contributed by atoms with E-state index >= 15 is 0 Å². The lowest BCUT2D eigenvalue weighted by atomic mass is 9.97. The number of nitrogens with zero attached hydrogens (tertiary/aromatic N) is 5. The van der Waals surface area contributed by atoms with Gasteiger partial charge < -0.3 is 9.80 Å². The van der Waals surface area contributed by atoms with Crippen molar-refractivity contribution in [2.45, 2.75) is 25.6 Å². The Balaban J connectivity index is 1.50. The number of pyridine rings is 2. The fourth-order valence-electron chi connectivity index (χ4n) is 6.73. The third kappa shape index (κ3) is 3.91. The van der Waals surface area contributed by atoms with Gasteiger partial charge in [0.15, 0.2) is 0 Å². The molecule has 1 unspecified atom stereocenters. The molecular formula is C33H25F3N6O2. The quantitative estimate of drug-likeness (QED) is 0.229. The predicted molar refractivity (Wildman–Crippen MR) is 162 cm³/mol. The molecule has 3 aliphatic rings. The number of H-pyrrole nitrogens is 1. The van der Waals surface area contributed by atoms with E-state index in [0.717, 1.165) is 22.6 Å². The number of hydrogen-bond acceptors (Lipinski definition) is 5. The lowest BCUT2D eigenvalue weighted by Gasteiger charge is -2.43. The molecule has 0 saturated carbocycles. The van der Waals surface area contributed by atoms with Gasteiger partial charge in [0.1, 0.15) is 0 Å². The van der Waals surface area contributed by atoms with Crippen LogP contribution in [0.4, 0.5) is 18.9 Å². The Bertz CT molecular complexity index is 2220. The van der Waals surface area contributed by atoms with Crippen molar-refractivity contribution in [3.8, 4) is 16.8 Å². The van der Waals surface area contributed by atoms with Gasteiger partial charge in [-0.15, -0.1) is 0 Å². The molecule has 1 saturated heterocycles. The molecule has 1 amide bonds. The van der Waals surface area contributed by atoms with Crippen molar-refractivity contribution in [1.29, 1.82) is 0 Å². The van der Waals surface area contributed by atoms with E-state index in [0.29, 0.717) is 33.0 Å². The Morgan fingerprint density at radius 1 is 0.955 bits per heavy atom. The van der Waals surface area contributed by atoms with Crippen LogP contribution in [-0.4, -0.2) is 50.2 Å². The lowest BCUT2D eigenvalue weighted by Crippen LogP contribution is -2.51. The molecule has 8 nitrogen and oxygen atoms in total. The fraction of sp³-hybridized carbons (Fsp3) is 0.212. The van der Waals surface area contributed by atoms with Crippen LogP contribution in [0, 0.1) is 0 Å². The van der Waals surface area contributed by atoms with Crippen molar-refractivity contribution >= 4 is 44.3 Å². The molecule has 1 N–H and O–H groups in total. The minimum absolute atomic E-state index is 0.00597. The van der Waals surface area contributed by atoms with E-state index in [-0.39, 0.29) is 43.3 Å². The van der Waals surface area contributed by atoms with Crippen LogP contribution in [0.2, 0.25) is 0 Å². The molecule has 8 bridgehead atoms. The van der Waals surface area contributed by atoms with Crippen LogP contribution in [-0.2, 0) is 11.0 Å². The number of aromatic amines is 1. The predicted octanol–water partition coefficient (Wildman–Crippen LogP) is 6.21. The van der Waals surface area contributed by atoms with Crippen molar-refractivity contribution < 1.29 is 18.0 Å². The van der Waals surface area contributed by atoms with E-state index in [1.54, 1.807) is 35.1 Å². The smallest absolute Gasteiger partial charge is 0.367 e. The fourth-order valence-corrected chi connectivity index (χ4v) is 6.73. The highest BCUT2D eigenvalue weighted by molar-refractivity contribution is 6.05. The molecule has 0 spiro atoms. The Morgan fingerprint density at radius 3 is 2.50 bits per heavy atom. The van der Waals surface area contributed by atoms with Crippen LogP contribution in [0.3, 0.4) is 0 Å². The second-order valence-corrected chi connectivity index (χ2v) is 11.3. The van der Waals surface area contributed by atoms with Gasteiger partial charge in [0.2, 0.25) is 5.91 Å². The van der Waals surface area contributed by atoms with Crippen LogP contribution in [0.25, 0.3) is 49.5 Å². The number of anilines is 1. The number of hydrogen-bond donors (Lipinski definition) is 1. The molecule has 6 aromatic rings. The number of nitrogens with one attached hydrogen (secondary N) is 1. The number of piperazine rings is 1. The zero-order chi connectivity index (χ0) is 30.3. The summed E-state index contributed by atoms with van der Waals surface area (Å²) in [5, 5.41) is 9.66. The molecule has 220 valence electrons. The van der Waals surface area contributed by atoms with Crippen molar-refractivity contribution in [2.24, 2.45) is 0 Å². The summed E-state index contributed by atoms with van der Waals surface area (Å²) in [6, 6.07) is 18.0. The third-order valence-corrected chi connectivity index (χ3v) is 8.85. The maximum Gasteiger partial charge on any atom is 0.418 e. The van der Waals surface area contributed by atoms with Gasteiger partial charge in [0, 0.05) is 60.2 Å². The molecule has 1 fully saturated rings. The number of fused-ring (bicyclic) bond motifs is 2. The molecule has 44 heavy (non-hydrogen) atoms. The average molecular weight is 595 g/mol. The Kier molecular flexibility index (Phi) is 5.65. The topological polar surface area (TPSA) is 87.1 Å². The number of benzene rings is 3. The maximum atomic E-state index is 14.8. The molecule has 0 radical (unpaired) electrons. The van der Waals surface area contributed by atoms with E-state index in [1.807, 2.05) is 36.4 Å². The summed E-state index contributed by atoms with van der Waals surface area (Å²) >= 11 is 0. The van der Waals surface area contributed by atoms with Gasteiger partial charge >= 0.3 is 6.18 Å². The van der Waals surface area contributed by atoms with Crippen molar-refractivity contribution in [2.75, 3.05) is 24.5 Å². The SMILES string of the molecule is CCC(=O)N1CCN2CC1c1[nH]nc3ccc(cc13)-c1ccc3ncc4ccc(=O)n(c4c3c1)-c1ccc2c(C(F)(F)F)c1. The van der Waals surface area contributed by atoms with E-state index in [1.165, 1.54) is 16.7 Å². The van der Waals surface area contributed by atoms with E-state index in [2.05, 4.69) is 15.2 Å². The Hall–Kier alpha value is -5.19. The molecule has 11 heteroatoms. The zero-order valence-corrected chi connectivity index (χ0v) is 23.5. The van der Waals surface area contributed by atoms with Crippen LogP contribution < -0.4 is 10.5 Å². The molecule has 6 heterocycles. The molecule has 1 atom stereocenters. The Morgan fingerprint density at radius 2 is 1.73 bits per heavy atom. The first-order valence-corrected chi connectivity index (χ1v) is 14.4. The van der Waals surface area contributed by atoms with Crippen LogP contribution in [0.5, 0.6) is 0 Å². The molecule has 3 aliphatic heterocycles. The van der Waals surface area contributed by atoms with Gasteiger partial charge in [0.25, 0.3) is 5.56 Å². The second-order valence-electron chi connectivity index (χ2n) is 11.3. The van der Waals surface area contributed by atoms with E-state index in [4.69, 9.17) is 0 Å². The number of alkyl halides is 3. The lowest BCUT2D eigenvalue weighted by molar-refractivity contribution is -0.137. The molecular weight excluding hydrogens is 569 g/mol. The van der Waals surface area contributed by atoms with Crippen molar-refractivity contribution in [1.82, 2.24) is 24.6 Å². The summed E-state index contributed by atoms with van der Waals surface area (Å²) < 4.78 is 45.8. The summed E-state index contributed by atoms with van der Waals surface area (Å²) in [4.78, 5) is 34.5. The number of halogens is 3. The molecule has 3 aromatic carbocycles. The normalized spacial score (nSPS) is 16.3. The van der Waals surface area contributed by atoms with Gasteiger partial charge in [-0.2, -0.15) is 18.3 Å². The van der Waals surface area contributed by atoms with Crippen LogP contribution in [0.1, 0.15) is 30.6 Å². The minimum atomic E-state index is -4.71. The monoisotopic (exact) mass is 594 g/mol. The van der Waals surface area contributed by atoms with E-state index in [9.17, 15) is 22.8 Å². The van der Waals surface area contributed by atoms with Crippen molar-refractivity contribution in [3.05, 3.63) is 94.5 Å². The maximum absolute atomic E-state index is 14.8. The first-order chi connectivity index (χ1) is 21.2. The molecule has 0 aliphatic carbocycles. The highest BCUT2D eigenvalue weighted by Crippen LogP contribution is 2.41. The second kappa shape index (κ2) is 9.40. The standard InChI is InChI=1S/C33H25F3N6O2/c1-2-29(43)41-12-11-40-17-28(41)31-22-13-18(4-8-26(22)38-39-31)19-3-7-25-23(14-19)32-20(16-37-25)5-10-30(44)42(32)21-6-9-27(40)24(15-21)33(34,35)36/h3-10,13-16,28H,2,11-12,17H2,1H3,(H,38,39). The first-order valence-electron chi connectivity index (χ1n) is 14.4. The van der Waals surface area contributed by atoms with Crippen LogP contribution in [0.15, 0.2) is 77.7 Å². The minimum Gasteiger partial charge on any atom is -0.367 e. The van der Waals surface area contributed by atoms with Gasteiger partial charge in [0.05, 0.1) is 39.5 Å². The van der Waals surface area contributed by atoms with Gasteiger partial charge in [-0.1, -0.05) is 19.1 Å².